The zero-order chi connectivity index (χ0) is 17.1. The summed E-state index contributed by atoms with van der Waals surface area (Å²) in [7, 11) is 0. The standard InChI is InChI=1S/C20H26N4O/c25-20(17-5-7-19(8-6-17)24-12-2-11-22-24)21-15-16-9-13-23(14-10-16)18-3-1-4-18/h2,5-8,11-12,16,18H,1,3-4,9-10,13-15H2,(H,21,25). The first kappa shape index (κ1) is 16.3. The Labute approximate surface area is 149 Å². The van der Waals surface area contributed by atoms with Crippen molar-refractivity contribution < 1.29 is 4.79 Å². The van der Waals surface area contributed by atoms with Gasteiger partial charge in [-0.25, -0.2) is 4.68 Å². The molecule has 5 heteroatoms. The molecule has 0 radical (unpaired) electrons. The van der Waals surface area contributed by atoms with Crippen LogP contribution in [-0.4, -0.2) is 46.3 Å². The smallest absolute Gasteiger partial charge is 0.251 e. The Hall–Kier alpha value is -2.14. The first-order valence-corrected chi connectivity index (χ1v) is 9.42. The van der Waals surface area contributed by atoms with Crippen LogP contribution in [0, 0.1) is 5.92 Å². The van der Waals surface area contributed by atoms with E-state index in [0.29, 0.717) is 11.5 Å². The molecule has 132 valence electrons. The number of hydrogen-bond donors (Lipinski definition) is 1. The fraction of sp³-hybridized carbons (Fsp3) is 0.500. The molecule has 0 bridgehead atoms. The van der Waals surface area contributed by atoms with Crippen molar-refractivity contribution in [1.29, 1.82) is 0 Å². The summed E-state index contributed by atoms with van der Waals surface area (Å²) in [4.78, 5) is 15.0. The molecule has 1 amide bonds. The Kier molecular flexibility index (Phi) is 4.83. The van der Waals surface area contributed by atoms with Crippen molar-refractivity contribution in [3.63, 3.8) is 0 Å². The van der Waals surface area contributed by atoms with Gasteiger partial charge in [0.15, 0.2) is 0 Å². The van der Waals surface area contributed by atoms with Gasteiger partial charge in [0.2, 0.25) is 0 Å². The average Bonchev–Trinajstić information content (AvgIpc) is 3.14. The number of amides is 1. The van der Waals surface area contributed by atoms with Gasteiger partial charge in [-0.15, -0.1) is 0 Å². The summed E-state index contributed by atoms with van der Waals surface area (Å²) in [5.74, 6) is 0.636. The molecular formula is C20H26N4O. The monoisotopic (exact) mass is 338 g/mol. The fourth-order valence-electron chi connectivity index (χ4n) is 3.80. The molecule has 1 saturated heterocycles. The van der Waals surface area contributed by atoms with E-state index in [1.54, 1.807) is 10.9 Å². The van der Waals surface area contributed by atoms with Gasteiger partial charge in [0.25, 0.3) is 5.91 Å². The highest BCUT2D eigenvalue weighted by Crippen LogP contribution is 2.28. The minimum Gasteiger partial charge on any atom is -0.352 e. The van der Waals surface area contributed by atoms with E-state index in [9.17, 15) is 4.79 Å². The van der Waals surface area contributed by atoms with Crippen molar-refractivity contribution in [3.05, 3.63) is 48.3 Å². The second-order valence-electron chi connectivity index (χ2n) is 7.27. The molecule has 2 heterocycles. The molecule has 1 aliphatic heterocycles. The number of aromatic nitrogens is 2. The summed E-state index contributed by atoms with van der Waals surface area (Å²) < 4.78 is 1.79. The van der Waals surface area contributed by atoms with Crippen LogP contribution in [0.5, 0.6) is 0 Å². The van der Waals surface area contributed by atoms with Crippen molar-refractivity contribution >= 4 is 5.91 Å². The predicted molar refractivity (Wildman–Crippen MR) is 97.8 cm³/mol. The summed E-state index contributed by atoms with van der Waals surface area (Å²) >= 11 is 0. The molecule has 1 aliphatic carbocycles. The van der Waals surface area contributed by atoms with E-state index in [0.717, 1.165) is 18.3 Å². The van der Waals surface area contributed by atoms with E-state index in [4.69, 9.17) is 0 Å². The van der Waals surface area contributed by atoms with E-state index >= 15 is 0 Å². The van der Waals surface area contributed by atoms with Gasteiger partial charge in [-0.2, -0.15) is 5.10 Å². The number of benzene rings is 1. The Bertz CT molecular complexity index is 683. The van der Waals surface area contributed by atoms with Crippen LogP contribution in [0.25, 0.3) is 5.69 Å². The molecule has 0 unspecified atom stereocenters. The second-order valence-corrected chi connectivity index (χ2v) is 7.27. The first-order valence-electron chi connectivity index (χ1n) is 9.42. The maximum absolute atomic E-state index is 12.4. The van der Waals surface area contributed by atoms with Crippen molar-refractivity contribution in [2.75, 3.05) is 19.6 Å². The topological polar surface area (TPSA) is 50.2 Å². The minimum atomic E-state index is 0.0217. The Morgan fingerprint density at radius 1 is 1.12 bits per heavy atom. The zero-order valence-corrected chi connectivity index (χ0v) is 14.6. The Morgan fingerprint density at radius 3 is 2.48 bits per heavy atom. The molecule has 25 heavy (non-hydrogen) atoms. The van der Waals surface area contributed by atoms with E-state index in [-0.39, 0.29) is 5.91 Å². The minimum absolute atomic E-state index is 0.0217. The average molecular weight is 338 g/mol. The number of piperidine rings is 1. The van der Waals surface area contributed by atoms with Gasteiger partial charge in [0.1, 0.15) is 0 Å². The third-order valence-electron chi connectivity index (χ3n) is 5.69. The van der Waals surface area contributed by atoms with Crippen LogP contribution in [0.2, 0.25) is 0 Å². The number of carbonyl (C=O) groups excluding carboxylic acids is 1. The van der Waals surface area contributed by atoms with Crippen LogP contribution in [0.15, 0.2) is 42.7 Å². The van der Waals surface area contributed by atoms with Gasteiger partial charge < -0.3 is 10.2 Å². The number of rotatable bonds is 5. The van der Waals surface area contributed by atoms with Crippen molar-refractivity contribution in [1.82, 2.24) is 20.0 Å². The molecule has 0 spiro atoms. The third-order valence-corrected chi connectivity index (χ3v) is 5.69. The van der Waals surface area contributed by atoms with E-state index in [1.807, 2.05) is 36.5 Å². The number of carbonyl (C=O) groups is 1. The fourth-order valence-corrected chi connectivity index (χ4v) is 3.80. The molecule has 2 fully saturated rings. The van der Waals surface area contributed by atoms with Gasteiger partial charge in [-0.3, -0.25) is 4.79 Å². The summed E-state index contributed by atoms with van der Waals surface area (Å²) in [6, 6.07) is 10.3. The van der Waals surface area contributed by atoms with Crippen LogP contribution in [0.3, 0.4) is 0 Å². The van der Waals surface area contributed by atoms with Crippen molar-refractivity contribution in [2.45, 2.75) is 38.1 Å². The van der Waals surface area contributed by atoms with Crippen LogP contribution < -0.4 is 5.32 Å². The normalized spacial score (nSPS) is 19.5. The summed E-state index contributed by atoms with van der Waals surface area (Å²) in [5.41, 5.74) is 1.67. The molecule has 1 saturated carbocycles. The lowest BCUT2D eigenvalue weighted by Gasteiger charge is -2.41. The van der Waals surface area contributed by atoms with Crippen LogP contribution in [-0.2, 0) is 0 Å². The lowest BCUT2D eigenvalue weighted by Crippen LogP contribution is -2.46. The Morgan fingerprint density at radius 2 is 1.88 bits per heavy atom. The number of nitrogens with one attached hydrogen (secondary N) is 1. The van der Waals surface area contributed by atoms with Gasteiger partial charge >= 0.3 is 0 Å². The van der Waals surface area contributed by atoms with E-state index in [1.165, 1.54) is 45.2 Å². The molecule has 1 aromatic heterocycles. The highest BCUT2D eigenvalue weighted by Gasteiger charge is 2.28. The lowest BCUT2D eigenvalue weighted by atomic mass is 9.88. The van der Waals surface area contributed by atoms with Crippen molar-refractivity contribution in [3.8, 4) is 5.69 Å². The number of hydrogen-bond acceptors (Lipinski definition) is 3. The molecule has 4 rings (SSSR count). The highest BCUT2D eigenvalue weighted by atomic mass is 16.1. The molecule has 1 N–H and O–H groups in total. The second kappa shape index (κ2) is 7.40. The van der Waals surface area contributed by atoms with Crippen molar-refractivity contribution in [2.24, 2.45) is 5.92 Å². The Balaban J connectivity index is 1.25. The molecule has 2 aromatic rings. The summed E-state index contributed by atoms with van der Waals surface area (Å²) in [5, 5.41) is 7.31. The number of likely N-dealkylation sites (tertiary alicyclic amines) is 1. The number of nitrogens with zero attached hydrogens (tertiary/aromatic N) is 3. The molecule has 1 aromatic carbocycles. The zero-order valence-electron chi connectivity index (χ0n) is 14.6. The molecule has 2 aliphatic rings. The molecule has 0 atom stereocenters. The van der Waals surface area contributed by atoms with Crippen LogP contribution >= 0.6 is 0 Å². The van der Waals surface area contributed by atoms with E-state index < -0.39 is 0 Å². The quantitative estimate of drug-likeness (QED) is 0.912. The van der Waals surface area contributed by atoms with Gasteiger partial charge in [0, 0.05) is 30.5 Å². The molecular weight excluding hydrogens is 312 g/mol. The third kappa shape index (κ3) is 3.76. The maximum Gasteiger partial charge on any atom is 0.251 e. The van der Waals surface area contributed by atoms with Crippen LogP contribution in [0.4, 0.5) is 0 Å². The largest absolute Gasteiger partial charge is 0.352 e. The van der Waals surface area contributed by atoms with Crippen LogP contribution in [0.1, 0.15) is 42.5 Å². The maximum atomic E-state index is 12.4. The van der Waals surface area contributed by atoms with Gasteiger partial charge in [0.05, 0.1) is 5.69 Å². The summed E-state index contributed by atoms with van der Waals surface area (Å²) in [6.07, 6.45) is 10.2. The highest BCUT2D eigenvalue weighted by molar-refractivity contribution is 5.94. The summed E-state index contributed by atoms with van der Waals surface area (Å²) in [6.45, 7) is 3.19. The van der Waals surface area contributed by atoms with Gasteiger partial charge in [-0.05, 0) is 75.0 Å². The van der Waals surface area contributed by atoms with Gasteiger partial charge in [-0.1, -0.05) is 6.42 Å². The van der Waals surface area contributed by atoms with E-state index in [2.05, 4.69) is 15.3 Å². The molecule has 5 nitrogen and oxygen atoms in total. The predicted octanol–water partition coefficient (Wildman–Crippen LogP) is 2.87. The lowest BCUT2D eigenvalue weighted by molar-refractivity contribution is 0.0803. The SMILES string of the molecule is O=C(NCC1CCN(C2CCC2)CC1)c1ccc(-n2cccn2)cc1. The first-order chi connectivity index (χ1) is 12.3.